The Hall–Kier alpha value is -1.52. The van der Waals surface area contributed by atoms with Gasteiger partial charge in [-0.2, -0.15) is 0 Å². The number of hydrogen-bond acceptors (Lipinski definition) is 4. The van der Waals surface area contributed by atoms with Gasteiger partial charge in [-0.05, 0) is 5.92 Å². The van der Waals surface area contributed by atoms with Crippen LogP contribution in [0.1, 0.15) is 39.8 Å². The summed E-state index contributed by atoms with van der Waals surface area (Å²) in [5.41, 5.74) is 1.85. The molecule has 110 valence electrons. The second kappa shape index (κ2) is 6.08. The van der Waals surface area contributed by atoms with Gasteiger partial charge < -0.3 is 0 Å². The summed E-state index contributed by atoms with van der Waals surface area (Å²) in [5, 5.41) is 0.637. The van der Waals surface area contributed by atoms with Gasteiger partial charge in [0.2, 0.25) is 5.78 Å². The lowest BCUT2D eigenvalue weighted by atomic mass is 10.1. The van der Waals surface area contributed by atoms with Crippen LogP contribution in [0.25, 0.3) is 0 Å². The predicted octanol–water partition coefficient (Wildman–Crippen LogP) is 3.39. The van der Waals surface area contributed by atoms with Gasteiger partial charge >= 0.3 is 0 Å². The van der Waals surface area contributed by atoms with Gasteiger partial charge in [0.1, 0.15) is 0 Å². The Labute approximate surface area is 129 Å². The van der Waals surface area contributed by atoms with E-state index in [0.717, 1.165) is 37.3 Å². The van der Waals surface area contributed by atoms with Gasteiger partial charge in [-0.25, -0.2) is 4.98 Å². The monoisotopic (exact) mass is 300 g/mol. The molecule has 0 saturated heterocycles. The molecule has 2 aromatic rings. The molecule has 1 aliphatic rings. The second-order valence-corrected chi connectivity index (χ2v) is 7.05. The topological polar surface area (TPSA) is 33.2 Å². The molecule has 0 spiro atoms. The summed E-state index contributed by atoms with van der Waals surface area (Å²) in [4.78, 5) is 20.8. The van der Waals surface area contributed by atoms with Crippen molar-refractivity contribution in [1.82, 2.24) is 9.88 Å². The van der Waals surface area contributed by atoms with Gasteiger partial charge in [-0.3, -0.25) is 9.69 Å². The minimum Gasteiger partial charge on any atom is -0.298 e. The van der Waals surface area contributed by atoms with Crippen molar-refractivity contribution in [3.05, 3.63) is 51.5 Å². The van der Waals surface area contributed by atoms with Gasteiger partial charge in [0.05, 0.1) is 5.69 Å². The third-order valence-corrected chi connectivity index (χ3v) is 4.75. The smallest absolute Gasteiger partial charge is 0.221 e. The highest BCUT2D eigenvalue weighted by Crippen LogP contribution is 2.27. The molecule has 3 rings (SSSR count). The summed E-state index contributed by atoms with van der Waals surface area (Å²) in [6.45, 7) is 7.58. The number of aromatic nitrogens is 1. The summed E-state index contributed by atoms with van der Waals surface area (Å²) in [6, 6.07) is 9.42. The van der Waals surface area contributed by atoms with Gasteiger partial charge in [0.25, 0.3) is 0 Å². The summed E-state index contributed by atoms with van der Waals surface area (Å²) < 4.78 is 0. The zero-order chi connectivity index (χ0) is 14.8. The molecule has 3 nitrogen and oxygen atoms in total. The molecule has 0 aliphatic carbocycles. The lowest BCUT2D eigenvalue weighted by Crippen LogP contribution is -2.32. The average molecular weight is 300 g/mol. The van der Waals surface area contributed by atoms with E-state index < -0.39 is 0 Å². The van der Waals surface area contributed by atoms with Crippen molar-refractivity contribution in [1.29, 1.82) is 0 Å². The third kappa shape index (κ3) is 3.22. The minimum atomic E-state index is 0.0467. The molecule has 21 heavy (non-hydrogen) atoms. The Morgan fingerprint density at radius 2 is 2.10 bits per heavy atom. The first-order valence-electron chi connectivity index (χ1n) is 7.44. The maximum atomic E-state index is 12.5. The normalized spacial score (nSPS) is 15.2. The van der Waals surface area contributed by atoms with E-state index in [1.54, 1.807) is 11.3 Å². The fourth-order valence-corrected chi connectivity index (χ4v) is 3.84. The Balaban J connectivity index is 1.79. The van der Waals surface area contributed by atoms with Gasteiger partial charge in [0, 0.05) is 36.5 Å². The van der Waals surface area contributed by atoms with E-state index in [0.29, 0.717) is 10.9 Å². The van der Waals surface area contributed by atoms with Crippen LogP contribution in [0.4, 0.5) is 0 Å². The number of fused-ring (bicyclic) bond motifs is 1. The summed E-state index contributed by atoms with van der Waals surface area (Å²) in [7, 11) is 0. The standard InChI is InChI=1S/C17H20N2OS/c1-12(2)10-19-9-8-14-15(11-19)21-17(18-14)16(20)13-6-4-3-5-7-13/h3-7,12H,8-11H2,1-2H3. The molecule has 4 heteroatoms. The van der Waals surface area contributed by atoms with E-state index >= 15 is 0 Å². The number of hydrogen-bond donors (Lipinski definition) is 0. The van der Waals surface area contributed by atoms with Crippen molar-refractivity contribution in [2.75, 3.05) is 13.1 Å². The van der Waals surface area contributed by atoms with Gasteiger partial charge in [0.15, 0.2) is 5.01 Å². The van der Waals surface area contributed by atoms with Crippen molar-refractivity contribution in [3.8, 4) is 0 Å². The summed E-state index contributed by atoms with van der Waals surface area (Å²) in [5.74, 6) is 0.718. The molecular weight excluding hydrogens is 280 g/mol. The number of thiazole rings is 1. The third-order valence-electron chi connectivity index (χ3n) is 3.66. The highest BCUT2D eigenvalue weighted by atomic mass is 32.1. The van der Waals surface area contributed by atoms with Crippen molar-refractivity contribution < 1.29 is 4.79 Å². The van der Waals surface area contributed by atoms with Crippen molar-refractivity contribution in [3.63, 3.8) is 0 Å². The van der Waals surface area contributed by atoms with Crippen molar-refractivity contribution in [2.45, 2.75) is 26.8 Å². The number of ketones is 1. The van der Waals surface area contributed by atoms with Crippen LogP contribution in [0.3, 0.4) is 0 Å². The van der Waals surface area contributed by atoms with E-state index in [2.05, 4.69) is 23.7 Å². The Morgan fingerprint density at radius 1 is 1.33 bits per heavy atom. The largest absolute Gasteiger partial charge is 0.298 e. The van der Waals surface area contributed by atoms with Crippen LogP contribution >= 0.6 is 11.3 Å². The van der Waals surface area contributed by atoms with Gasteiger partial charge in [-0.15, -0.1) is 11.3 Å². The molecule has 0 N–H and O–H groups in total. The molecule has 0 atom stereocenters. The quantitative estimate of drug-likeness (QED) is 0.812. The number of carbonyl (C=O) groups is 1. The zero-order valence-electron chi connectivity index (χ0n) is 12.5. The molecule has 1 aromatic heterocycles. The molecule has 2 heterocycles. The molecular formula is C17H20N2OS. The fourth-order valence-electron chi connectivity index (χ4n) is 2.73. The molecule has 0 bridgehead atoms. The van der Waals surface area contributed by atoms with Crippen LogP contribution in [0.2, 0.25) is 0 Å². The lowest BCUT2D eigenvalue weighted by molar-refractivity contribution is 0.103. The van der Waals surface area contributed by atoms with Crippen LogP contribution in [-0.4, -0.2) is 28.8 Å². The van der Waals surface area contributed by atoms with E-state index in [-0.39, 0.29) is 5.78 Å². The summed E-state index contributed by atoms with van der Waals surface area (Å²) in [6.07, 6.45) is 0.959. The maximum Gasteiger partial charge on any atom is 0.221 e. The molecule has 0 fully saturated rings. The number of nitrogens with zero attached hydrogens (tertiary/aromatic N) is 2. The first-order chi connectivity index (χ1) is 10.1. The van der Waals surface area contributed by atoms with E-state index in [1.165, 1.54) is 4.88 Å². The molecule has 0 radical (unpaired) electrons. The fraction of sp³-hybridized carbons (Fsp3) is 0.412. The van der Waals surface area contributed by atoms with Gasteiger partial charge in [-0.1, -0.05) is 44.2 Å². The molecule has 1 aromatic carbocycles. The van der Waals surface area contributed by atoms with E-state index in [9.17, 15) is 4.79 Å². The van der Waals surface area contributed by atoms with E-state index in [1.807, 2.05) is 30.3 Å². The second-order valence-electron chi connectivity index (χ2n) is 5.96. The average Bonchev–Trinajstić information content (AvgIpc) is 2.90. The Morgan fingerprint density at radius 3 is 2.81 bits per heavy atom. The first-order valence-corrected chi connectivity index (χ1v) is 8.26. The lowest BCUT2D eigenvalue weighted by Gasteiger charge is -2.27. The minimum absolute atomic E-state index is 0.0467. The van der Waals surface area contributed by atoms with Crippen LogP contribution < -0.4 is 0 Å². The highest BCUT2D eigenvalue weighted by molar-refractivity contribution is 7.14. The number of carbonyl (C=O) groups excluding carboxylic acids is 1. The molecule has 0 saturated carbocycles. The predicted molar refractivity (Wildman–Crippen MR) is 85.8 cm³/mol. The SMILES string of the molecule is CC(C)CN1CCc2nc(C(=O)c3ccccc3)sc2C1. The number of benzene rings is 1. The molecule has 0 unspecified atom stereocenters. The molecule has 0 amide bonds. The summed E-state index contributed by atoms with van der Waals surface area (Å²) >= 11 is 1.57. The maximum absolute atomic E-state index is 12.5. The highest BCUT2D eigenvalue weighted by Gasteiger charge is 2.23. The van der Waals surface area contributed by atoms with Crippen molar-refractivity contribution >= 4 is 17.1 Å². The Bertz CT molecular complexity index is 633. The van der Waals surface area contributed by atoms with Crippen LogP contribution in [0.15, 0.2) is 30.3 Å². The van der Waals surface area contributed by atoms with E-state index in [4.69, 9.17) is 0 Å². The molecule has 1 aliphatic heterocycles. The number of rotatable bonds is 4. The van der Waals surface area contributed by atoms with Crippen LogP contribution in [0, 0.1) is 5.92 Å². The van der Waals surface area contributed by atoms with Crippen LogP contribution in [0.5, 0.6) is 0 Å². The van der Waals surface area contributed by atoms with Crippen molar-refractivity contribution in [2.24, 2.45) is 5.92 Å². The zero-order valence-corrected chi connectivity index (χ0v) is 13.3. The Kier molecular flexibility index (Phi) is 4.17. The van der Waals surface area contributed by atoms with Crippen LogP contribution in [-0.2, 0) is 13.0 Å². The first kappa shape index (κ1) is 14.4.